The average Bonchev–Trinajstić information content (AvgIpc) is 3.66. The van der Waals surface area contributed by atoms with E-state index in [1.165, 1.54) is 4.90 Å². The molecule has 0 saturated carbocycles. The molecular formula is C22H28N2O10. The van der Waals surface area contributed by atoms with Gasteiger partial charge in [0.2, 0.25) is 23.6 Å². The third kappa shape index (κ3) is 4.32. The van der Waals surface area contributed by atoms with Crippen LogP contribution in [0, 0.1) is 23.7 Å². The fourth-order valence-corrected chi connectivity index (χ4v) is 5.13. The van der Waals surface area contributed by atoms with Crippen molar-refractivity contribution in [3.8, 4) is 0 Å². The van der Waals surface area contributed by atoms with Crippen molar-refractivity contribution in [2.24, 2.45) is 23.7 Å². The number of nitrogens with one attached hydrogen (secondary N) is 1. The van der Waals surface area contributed by atoms with Crippen LogP contribution in [-0.4, -0.2) is 108 Å². The summed E-state index contributed by atoms with van der Waals surface area (Å²) in [6.45, 7) is 0.430. The van der Waals surface area contributed by atoms with Gasteiger partial charge >= 0.3 is 0 Å². The van der Waals surface area contributed by atoms with Crippen molar-refractivity contribution < 1.29 is 48.7 Å². The van der Waals surface area contributed by atoms with E-state index in [2.05, 4.69) is 5.32 Å². The Kier molecular flexibility index (Phi) is 7.55. The highest BCUT2D eigenvalue weighted by Crippen LogP contribution is 2.45. The zero-order valence-electron chi connectivity index (χ0n) is 18.3. The van der Waals surface area contributed by atoms with Crippen LogP contribution < -0.4 is 5.32 Å². The van der Waals surface area contributed by atoms with Crippen molar-refractivity contribution in [3.05, 3.63) is 24.3 Å². The van der Waals surface area contributed by atoms with E-state index in [0.717, 1.165) is 0 Å². The minimum atomic E-state index is -0.342. The van der Waals surface area contributed by atoms with Gasteiger partial charge < -0.3 is 29.5 Å². The Labute approximate surface area is 195 Å². The normalized spacial score (nSPS) is 37.4. The van der Waals surface area contributed by atoms with Crippen molar-refractivity contribution in [1.29, 1.82) is 0 Å². The number of hydrogen-bond acceptors (Lipinski definition) is 10. The summed E-state index contributed by atoms with van der Waals surface area (Å²) in [5.74, 6) is -1.87. The first-order valence-electron chi connectivity index (χ1n) is 11.2. The van der Waals surface area contributed by atoms with Crippen molar-refractivity contribution in [2.45, 2.75) is 24.4 Å². The molecule has 0 aromatic heterocycles. The Hall–Kier alpha value is -2.48. The quantitative estimate of drug-likeness (QED) is 0.176. The van der Waals surface area contributed by atoms with Gasteiger partial charge in [0.1, 0.15) is 0 Å². The summed E-state index contributed by atoms with van der Waals surface area (Å²) in [7, 11) is 0. The summed E-state index contributed by atoms with van der Waals surface area (Å²) < 4.78 is 16.0. The van der Waals surface area contributed by atoms with Gasteiger partial charge in [-0.2, -0.15) is 0 Å². The molecule has 0 aliphatic carbocycles. The Balaban J connectivity index is 0.000000147. The number of nitrogens with zero attached hydrogens (tertiary/aromatic N) is 1. The van der Waals surface area contributed by atoms with Gasteiger partial charge in [0.05, 0.1) is 87.7 Å². The van der Waals surface area contributed by atoms with E-state index in [0.29, 0.717) is 0 Å². The fourth-order valence-electron chi connectivity index (χ4n) is 5.13. The van der Waals surface area contributed by atoms with Crippen molar-refractivity contribution in [3.63, 3.8) is 0 Å². The van der Waals surface area contributed by atoms with E-state index in [9.17, 15) is 19.2 Å². The van der Waals surface area contributed by atoms with Crippen LogP contribution >= 0.6 is 0 Å². The third-order valence-electron chi connectivity index (χ3n) is 6.55. The number of carbonyl (C=O) groups is 4. The fraction of sp³-hybridized carbons (Fsp3) is 0.636. The molecule has 8 atom stereocenters. The van der Waals surface area contributed by atoms with E-state index in [1.807, 2.05) is 24.3 Å². The Morgan fingerprint density at radius 2 is 1.15 bits per heavy atom. The molecule has 6 rings (SSSR count). The molecule has 0 aromatic rings. The highest BCUT2D eigenvalue weighted by molar-refractivity contribution is 6.07. The van der Waals surface area contributed by atoms with Crippen LogP contribution in [0.2, 0.25) is 0 Å². The SMILES string of the molecule is O=C1C2C3C=CC(O3)C2C(=O)N1CCOCCO.O=C1NC(=O)C2C3C=CC(O3)C12.OCCO. The van der Waals surface area contributed by atoms with Crippen LogP contribution in [0.4, 0.5) is 0 Å². The number of fused-ring (bicyclic) bond motifs is 10. The molecule has 6 heterocycles. The molecule has 8 unspecified atom stereocenters. The Morgan fingerprint density at radius 3 is 1.56 bits per heavy atom. The highest BCUT2D eigenvalue weighted by Gasteiger charge is 2.60. The van der Waals surface area contributed by atoms with Gasteiger partial charge in [-0.3, -0.25) is 29.4 Å². The smallest absolute Gasteiger partial charge is 0.236 e. The molecule has 4 N–H and O–H groups in total. The minimum Gasteiger partial charge on any atom is -0.394 e. The number of rotatable bonds is 6. The minimum absolute atomic E-state index is 0.0605. The maximum absolute atomic E-state index is 12.1. The van der Waals surface area contributed by atoms with Gasteiger partial charge in [-0.05, 0) is 0 Å². The van der Waals surface area contributed by atoms with Crippen molar-refractivity contribution in [1.82, 2.24) is 10.2 Å². The number of hydrogen-bond donors (Lipinski definition) is 4. The topological polar surface area (TPSA) is 172 Å². The molecule has 0 spiro atoms. The standard InChI is InChI=1S/C12H15NO5.C8H7NO3.C2H6O2/c14-4-6-17-5-3-13-11(15)9-7-1-2-8(18-7)10(9)12(13)16;10-7-5-3-1-2-4(12-3)6(5)8(11)9-7;3-1-2-4/h1-2,7-10,14H,3-6H2;1-6H,(H,9,10,11);3-4H,1-2H2. The van der Waals surface area contributed by atoms with Gasteiger partial charge in [0.25, 0.3) is 0 Å². The monoisotopic (exact) mass is 480 g/mol. The first-order chi connectivity index (χ1) is 16.4. The number of carbonyl (C=O) groups excluding carboxylic acids is 4. The van der Waals surface area contributed by atoms with E-state index in [4.69, 9.17) is 29.5 Å². The zero-order valence-corrected chi connectivity index (χ0v) is 18.3. The van der Waals surface area contributed by atoms with Gasteiger partial charge in [0, 0.05) is 0 Å². The summed E-state index contributed by atoms with van der Waals surface area (Å²) in [5, 5.41) is 26.1. The molecular weight excluding hydrogens is 452 g/mol. The summed E-state index contributed by atoms with van der Waals surface area (Å²) in [5.41, 5.74) is 0. The lowest BCUT2D eigenvalue weighted by atomic mass is 9.85. The lowest BCUT2D eigenvalue weighted by Crippen LogP contribution is -2.37. The first kappa shape index (κ1) is 24.6. The maximum Gasteiger partial charge on any atom is 0.236 e. The molecule has 4 fully saturated rings. The third-order valence-corrected chi connectivity index (χ3v) is 6.55. The molecule has 0 aromatic carbocycles. The maximum atomic E-state index is 12.1. The van der Waals surface area contributed by atoms with Crippen LogP contribution in [0.1, 0.15) is 0 Å². The van der Waals surface area contributed by atoms with Crippen LogP contribution in [0.5, 0.6) is 0 Å². The van der Waals surface area contributed by atoms with Crippen molar-refractivity contribution in [2.75, 3.05) is 39.6 Å². The molecule has 34 heavy (non-hydrogen) atoms. The van der Waals surface area contributed by atoms with Gasteiger partial charge in [-0.1, -0.05) is 24.3 Å². The van der Waals surface area contributed by atoms with Gasteiger partial charge in [-0.15, -0.1) is 0 Å². The van der Waals surface area contributed by atoms with Crippen LogP contribution in [-0.2, 0) is 33.4 Å². The van der Waals surface area contributed by atoms with Gasteiger partial charge in [-0.25, -0.2) is 0 Å². The number of amides is 4. The van der Waals surface area contributed by atoms with E-state index < -0.39 is 0 Å². The number of ether oxygens (including phenoxy) is 3. The largest absolute Gasteiger partial charge is 0.394 e. The zero-order chi connectivity index (χ0) is 24.4. The Morgan fingerprint density at radius 1 is 0.706 bits per heavy atom. The predicted molar refractivity (Wildman–Crippen MR) is 112 cm³/mol. The second kappa shape index (κ2) is 10.4. The second-order valence-electron chi connectivity index (χ2n) is 8.47. The molecule has 4 amide bonds. The molecule has 4 saturated heterocycles. The number of likely N-dealkylation sites (tertiary alicyclic amines) is 1. The summed E-state index contributed by atoms with van der Waals surface area (Å²) in [4.78, 5) is 48.0. The number of aliphatic hydroxyl groups excluding tert-OH is 3. The number of imide groups is 2. The van der Waals surface area contributed by atoms with Crippen LogP contribution in [0.25, 0.3) is 0 Å². The lowest BCUT2D eigenvalue weighted by molar-refractivity contribution is -0.143. The van der Waals surface area contributed by atoms with Crippen LogP contribution in [0.15, 0.2) is 24.3 Å². The molecule has 186 valence electrons. The Bertz CT molecular complexity index is 829. The summed E-state index contributed by atoms with van der Waals surface area (Å²) >= 11 is 0. The predicted octanol–water partition coefficient (Wildman–Crippen LogP) is -2.88. The molecule has 4 bridgehead atoms. The highest BCUT2D eigenvalue weighted by atomic mass is 16.5. The number of aliphatic hydroxyl groups is 3. The lowest BCUT2D eigenvalue weighted by Gasteiger charge is -2.17. The van der Waals surface area contributed by atoms with E-state index in [-0.39, 0.29) is 111 Å². The molecule has 6 aliphatic heterocycles. The van der Waals surface area contributed by atoms with Crippen molar-refractivity contribution >= 4 is 23.6 Å². The summed E-state index contributed by atoms with van der Waals surface area (Å²) in [6, 6.07) is 0. The molecule has 12 heteroatoms. The molecule has 0 radical (unpaired) electrons. The van der Waals surface area contributed by atoms with E-state index >= 15 is 0 Å². The average molecular weight is 480 g/mol. The van der Waals surface area contributed by atoms with Crippen LogP contribution in [0.3, 0.4) is 0 Å². The molecule has 6 aliphatic rings. The second-order valence-corrected chi connectivity index (χ2v) is 8.47. The van der Waals surface area contributed by atoms with Gasteiger partial charge in [0.15, 0.2) is 0 Å². The first-order valence-corrected chi connectivity index (χ1v) is 11.2. The molecule has 12 nitrogen and oxygen atoms in total. The van der Waals surface area contributed by atoms with E-state index in [1.54, 1.807) is 0 Å². The summed E-state index contributed by atoms with van der Waals surface area (Å²) in [6.07, 6.45) is 6.66.